The molecule has 2 N–H and O–H groups in total. The Balaban J connectivity index is 2.99. The first-order valence-electron chi connectivity index (χ1n) is 5.96. The SMILES string of the molecule is Cc1ccc(C(CN)N(C)C(C)C)cc1C. The van der Waals surface area contributed by atoms with Crippen molar-refractivity contribution in [3.05, 3.63) is 34.9 Å². The van der Waals surface area contributed by atoms with Crippen LogP contribution in [0.15, 0.2) is 18.2 Å². The van der Waals surface area contributed by atoms with E-state index in [1.165, 1.54) is 16.7 Å². The highest BCUT2D eigenvalue weighted by Gasteiger charge is 2.17. The minimum absolute atomic E-state index is 0.319. The fourth-order valence-corrected chi connectivity index (χ4v) is 1.87. The van der Waals surface area contributed by atoms with Gasteiger partial charge >= 0.3 is 0 Å². The van der Waals surface area contributed by atoms with Crippen LogP contribution in [0.4, 0.5) is 0 Å². The van der Waals surface area contributed by atoms with E-state index in [1.807, 2.05) is 0 Å². The lowest BCUT2D eigenvalue weighted by Gasteiger charge is -2.31. The summed E-state index contributed by atoms with van der Waals surface area (Å²) in [4.78, 5) is 2.32. The molecule has 0 fully saturated rings. The van der Waals surface area contributed by atoms with Gasteiger partial charge in [0.05, 0.1) is 0 Å². The third-order valence-electron chi connectivity index (χ3n) is 3.45. The quantitative estimate of drug-likeness (QED) is 0.845. The Morgan fingerprint density at radius 3 is 2.25 bits per heavy atom. The van der Waals surface area contributed by atoms with E-state index in [0.717, 1.165) is 0 Å². The smallest absolute Gasteiger partial charge is 0.0470 e. The van der Waals surface area contributed by atoms with E-state index < -0.39 is 0 Å². The standard InChI is InChI=1S/C14H24N2/c1-10(2)16(5)14(9-15)13-7-6-11(3)12(4)8-13/h6-8,10,14H,9,15H2,1-5H3. The fourth-order valence-electron chi connectivity index (χ4n) is 1.87. The third kappa shape index (κ3) is 2.83. The first-order valence-corrected chi connectivity index (χ1v) is 5.96. The third-order valence-corrected chi connectivity index (χ3v) is 3.45. The van der Waals surface area contributed by atoms with Crippen molar-refractivity contribution >= 4 is 0 Å². The maximum atomic E-state index is 5.89. The number of hydrogen-bond donors (Lipinski definition) is 1. The summed E-state index contributed by atoms with van der Waals surface area (Å²) in [5.41, 5.74) is 9.89. The highest BCUT2D eigenvalue weighted by atomic mass is 15.2. The number of likely N-dealkylation sites (N-methyl/N-ethyl adjacent to an activating group) is 1. The number of rotatable bonds is 4. The van der Waals surface area contributed by atoms with Crippen LogP contribution in [0, 0.1) is 13.8 Å². The van der Waals surface area contributed by atoms with E-state index in [9.17, 15) is 0 Å². The molecule has 0 aromatic heterocycles. The van der Waals surface area contributed by atoms with E-state index >= 15 is 0 Å². The molecular formula is C14H24N2. The average Bonchev–Trinajstić information content (AvgIpc) is 2.24. The molecular weight excluding hydrogens is 196 g/mol. The van der Waals surface area contributed by atoms with E-state index in [1.54, 1.807) is 0 Å². The summed E-state index contributed by atoms with van der Waals surface area (Å²) >= 11 is 0. The molecule has 0 amide bonds. The van der Waals surface area contributed by atoms with Crippen LogP contribution in [0.5, 0.6) is 0 Å². The molecule has 0 bridgehead atoms. The molecule has 2 nitrogen and oxygen atoms in total. The summed E-state index contributed by atoms with van der Waals surface area (Å²) in [5, 5.41) is 0. The number of hydrogen-bond acceptors (Lipinski definition) is 2. The van der Waals surface area contributed by atoms with Crippen molar-refractivity contribution in [1.82, 2.24) is 4.90 Å². The van der Waals surface area contributed by atoms with Crippen LogP contribution in [0.1, 0.15) is 36.6 Å². The Morgan fingerprint density at radius 2 is 1.81 bits per heavy atom. The minimum Gasteiger partial charge on any atom is -0.329 e. The second-order valence-corrected chi connectivity index (χ2v) is 4.85. The number of nitrogens with zero attached hydrogens (tertiary/aromatic N) is 1. The molecule has 1 aromatic carbocycles. The Labute approximate surface area is 99.5 Å². The molecule has 16 heavy (non-hydrogen) atoms. The van der Waals surface area contributed by atoms with Gasteiger partial charge in [-0.2, -0.15) is 0 Å². The summed E-state index contributed by atoms with van der Waals surface area (Å²) in [6.45, 7) is 9.36. The second-order valence-electron chi connectivity index (χ2n) is 4.85. The van der Waals surface area contributed by atoms with Crippen LogP contribution in [-0.2, 0) is 0 Å². The molecule has 1 unspecified atom stereocenters. The van der Waals surface area contributed by atoms with Gasteiger partial charge in [0, 0.05) is 18.6 Å². The van der Waals surface area contributed by atoms with Crippen LogP contribution in [0.2, 0.25) is 0 Å². The normalized spacial score (nSPS) is 13.5. The van der Waals surface area contributed by atoms with Crippen molar-refractivity contribution < 1.29 is 0 Å². The highest BCUT2D eigenvalue weighted by Crippen LogP contribution is 2.22. The van der Waals surface area contributed by atoms with Gasteiger partial charge in [0.25, 0.3) is 0 Å². The van der Waals surface area contributed by atoms with Crippen molar-refractivity contribution in [2.75, 3.05) is 13.6 Å². The molecule has 2 heteroatoms. The van der Waals surface area contributed by atoms with Gasteiger partial charge in [-0.1, -0.05) is 18.2 Å². The van der Waals surface area contributed by atoms with Crippen LogP contribution in [0.3, 0.4) is 0 Å². The largest absolute Gasteiger partial charge is 0.329 e. The molecule has 0 aliphatic carbocycles. The topological polar surface area (TPSA) is 29.3 Å². The molecule has 0 aliphatic heterocycles. The van der Waals surface area contributed by atoms with Gasteiger partial charge in [0.1, 0.15) is 0 Å². The molecule has 0 heterocycles. The van der Waals surface area contributed by atoms with Gasteiger partial charge in [-0.15, -0.1) is 0 Å². The molecule has 1 aromatic rings. The van der Waals surface area contributed by atoms with Crippen LogP contribution >= 0.6 is 0 Å². The molecule has 90 valence electrons. The highest BCUT2D eigenvalue weighted by molar-refractivity contribution is 5.32. The Morgan fingerprint density at radius 1 is 1.19 bits per heavy atom. The van der Waals surface area contributed by atoms with Gasteiger partial charge in [0.2, 0.25) is 0 Å². The Hall–Kier alpha value is -0.860. The Bertz CT molecular complexity index is 345. The van der Waals surface area contributed by atoms with Crippen molar-refractivity contribution in [1.29, 1.82) is 0 Å². The predicted octanol–water partition coefficient (Wildman–Crippen LogP) is 2.64. The molecule has 0 spiro atoms. The summed E-state index contributed by atoms with van der Waals surface area (Å²) < 4.78 is 0. The molecule has 0 aliphatic rings. The monoisotopic (exact) mass is 220 g/mol. The van der Waals surface area contributed by atoms with E-state index in [0.29, 0.717) is 18.6 Å². The van der Waals surface area contributed by atoms with E-state index in [2.05, 4.69) is 57.8 Å². The van der Waals surface area contributed by atoms with Gasteiger partial charge in [-0.3, -0.25) is 4.90 Å². The molecule has 1 atom stereocenters. The van der Waals surface area contributed by atoms with E-state index in [4.69, 9.17) is 5.73 Å². The zero-order valence-corrected chi connectivity index (χ0v) is 11.1. The van der Waals surface area contributed by atoms with Crippen molar-refractivity contribution in [3.8, 4) is 0 Å². The number of aryl methyl sites for hydroxylation is 2. The van der Waals surface area contributed by atoms with Crippen LogP contribution in [0.25, 0.3) is 0 Å². The Kier molecular flexibility index (Phi) is 4.51. The minimum atomic E-state index is 0.319. The molecule has 1 rings (SSSR count). The van der Waals surface area contributed by atoms with Gasteiger partial charge in [0.15, 0.2) is 0 Å². The molecule has 0 saturated carbocycles. The molecule has 0 radical (unpaired) electrons. The lowest BCUT2D eigenvalue weighted by atomic mass is 9.99. The maximum absolute atomic E-state index is 5.89. The van der Waals surface area contributed by atoms with Crippen molar-refractivity contribution in [2.45, 2.75) is 39.8 Å². The van der Waals surface area contributed by atoms with Crippen molar-refractivity contribution in [3.63, 3.8) is 0 Å². The van der Waals surface area contributed by atoms with Crippen LogP contribution < -0.4 is 5.73 Å². The van der Waals surface area contributed by atoms with Crippen molar-refractivity contribution in [2.24, 2.45) is 5.73 Å². The fraction of sp³-hybridized carbons (Fsp3) is 0.571. The first kappa shape index (κ1) is 13.2. The second kappa shape index (κ2) is 5.46. The zero-order chi connectivity index (χ0) is 12.3. The van der Waals surface area contributed by atoms with Crippen LogP contribution in [-0.4, -0.2) is 24.5 Å². The number of benzene rings is 1. The average molecular weight is 220 g/mol. The lowest BCUT2D eigenvalue weighted by Crippen LogP contribution is -2.35. The summed E-state index contributed by atoms with van der Waals surface area (Å²) in [5.74, 6) is 0. The van der Waals surface area contributed by atoms with Gasteiger partial charge < -0.3 is 5.73 Å². The first-order chi connectivity index (χ1) is 7.47. The zero-order valence-electron chi connectivity index (χ0n) is 11.1. The van der Waals surface area contributed by atoms with Gasteiger partial charge in [-0.05, 0) is 51.4 Å². The predicted molar refractivity (Wildman–Crippen MR) is 70.6 cm³/mol. The summed E-state index contributed by atoms with van der Waals surface area (Å²) in [7, 11) is 2.14. The van der Waals surface area contributed by atoms with E-state index in [-0.39, 0.29) is 0 Å². The molecule has 0 saturated heterocycles. The lowest BCUT2D eigenvalue weighted by molar-refractivity contribution is 0.201. The number of nitrogens with two attached hydrogens (primary N) is 1. The maximum Gasteiger partial charge on any atom is 0.0470 e. The summed E-state index contributed by atoms with van der Waals surface area (Å²) in [6.07, 6.45) is 0. The van der Waals surface area contributed by atoms with Gasteiger partial charge in [-0.25, -0.2) is 0 Å². The summed E-state index contributed by atoms with van der Waals surface area (Å²) in [6, 6.07) is 7.46.